The van der Waals surface area contributed by atoms with Crippen molar-refractivity contribution < 1.29 is 12.6 Å². The van der Waals surface area contributed by atoms with Crippen molar-refractivity contribution in [3.8, 4) is 0 Å². The van der Waals surface area contributed by atoms with Gasteiger partial charge in [0.15, 0.2) is 0 Å². The summed E-state index contributed by atoms with van der Waals surface area (Å²) in [5, 5.41) is 4.65. The predicted octanol–water partition coefficient (Wildman–Crippen LogP) is 0.110. The van der Waals surface area contributed by atoms with E-state index in [-0.39, 0.29) is 6.61 Å². The molecule has 0 fully saturated rings. The summed E-state index contributed by atoms with van der Waals surface area (Å²) in [6.07, 6.45) is 3.19. The Bertz CT molecular complexity index is 388. The van der Waals surface area contributed by atoms with E-state index in [0.717, 1.165) is 5.56 Å². The van der Waals surface area contributed by atoms with Crippen LogP contribution < -0.4 is 5.14 Å². The van der Waals surface area contributed by atoms with Crippen molar-refractivity contribution in [3.05, 3.63) is 29.6 Å². The third-order valence-corrected chi connectivity index (χ3v) is 1.77. The van der Waals surface area contributed by atoms with Crippen LogP contribution in [0.25, 0.3) is 0 Å². The van der Waals surface area contributed by atoms with E-state index in [1.807, 2.05) is 6.92 Å². The van der Waals surface area contributed by atoms with Gasteiger partial charge in [-0.05, 0) is 18.1 Å². The van der Waals surface area contributed by atoms with E-state index in [4.69, 9.17) is 0 Å². The normalized spacial score (nSPS) is 11.5. The van der Waals surface area contributed by atoms with Crippen molar-refractivity contribution >= 4 is 10.3 Å². The molecule has 2 N–H and O–H groups in total. The van der Waals surface area contributed by atoms with Crippen LogP contribution in [-0.4, -0.2) is 13.4 Å². The lowest BCUT2D eigenvalue weighted by molar-refractivity contribution is 0.308. The molecule has 6 heteroatoms. The maximum Gasteiger partial charge on any atom is 0.333 e. The number of hydrogen-bond acceptors (Lipinski definition) is 4. The summed E-state index contributed by atoms with van der Waals surface area (Å²) in [5.41, 5.74) is 1.62. The molecule has 5 nitrogen and oxygen atoms in total. The minimum atomic E-state index is -3.86. The average Bonchev–Trinajstić information content (AvgIpc) is 2.00. The molecule has 1 aromatic heterocycles. The first-order chi connectivity index (χ1) is 5.97. The summed E-state index contributed by atoms with van der Waals surface area (Å²) < 4.78 is 25.2. The van der Waals surface area contributed by atoms with Gasteiger partial charge in [-0.15, -0.1) is 0 Å². The third-order valence-electron chi connectivity index (χ3n) is 1.32. The van der Waals surface area contributed by atoms with Crippen LogP contribution in [0.4, 0.5) is 0 Å². The summed E-state index contributed by atoms with van der Waals surface area (Å²) in [4.78, 5) is 3.87. The molecule has 0 spiro atoms. The zero-order valence-corrected chi connectivity index (χ0v) is 7.91. The molecule has 1 heterocycles. The van der Waals surface area contributed by atoms with Gasteiger partial charge in [-0.1, -0.05) is 6.07 Å². The maximum absolute atomic E-state index is 10.4. The van der Waals surface area contributed by atoms with Crippen molar-refractivity contribution in [2.75, 3.05) is 0 Å². The fraction of sp³-hybridized carbons (Fsp3) is 0.286. The maximum atomic E-state index is 10.4. The Labute approximate surface area is 76.8 Å². The van der Waals surface area contributed by atoms with Gasteiger partial charge in [0.05, 0.1) is 6.61 Å². The average molecular weight is 202 g/mol. The van der Waals surface area contributed by atoms with Crippen molar-refractivity contribution in [2.24, 2.45) is 5.14 Å². The number of aromatic nitrogens is 1. The first-order valence-electron chi connectivity index (χ1n) is 3.55. The minimum Gasteiger partial charge on any atom is -0.264 e. The molecule has 0 aliphatic carbocycles. The number of pyridine rings is 1. The molecule has 1 rings (SSSR count). The zero-order chi connectivity index (χ0) is 9.90. The van der Waals surface area contributed by atoms with Crippen molar-refractivity contribution in [1.82, 2.24) is 4.98 Å². The van der Waals surface area contributed by atoms with E-state index < -0.39 is 10.3 Å². The summed E-state index contributed by atoms with van der Waals surface area (Å²) in [6.45, 7) is 1.78. The lowest BCUT2D eigenvalue weighted by Gasteiger charge is -2.00. The monoisotopic (exact) mass is 202 g/mol. The molecule has 0 unspecified atom stereocenters. The molecule has 0 radical (unpaired) electrons. The summed E-state index contributed by atoms with van der Waals surface area (Å²) in [7, 11) is -3.86. The van der Waals surface area contributed by atoms with Crippen LogP contribution >= 0.6 is 0 Å². The lowest BCUT2D eigenvalue weighted by atomic mass is 10.2. The summed E-state index contributed by atoms with van der Waals surface area (Å²) in [5.74, 6) is 0. The van der Waals surface area contributed by atoms with Gasteiger partial charge in [0.2, 0.25) is 0 Å². The molecule has 0 aliphatic rings. The van der Waals surface area contributed by atoms with Crippen LogP contribution in [0.2, 0.25) is 0 Å². The first-order valence-corrected chi connectivity index (χ1v) is 5.02. The van der Waals surface area contributed by atoms with E-state index in [1.54, 1.807) is 12.3 Å². The molecule has 0 aromatic carbocycles. The zero-order valence-electron chi connectivity index (χ0n) is 7.10. The highest BCUT2D eigenvalue weighted by Crippen LogP contribution is 2.03. The second-order valence-corrected chi connectivity index (χ2v) is 3.85. The van der Waals surface area contributed by atoms with Crippen LogP contribution in [0.15, 0.2) is 18.5 Å². The Kier molecular flexibility index (Phi) is 2.97. The second kappa shape index (κ2) is 3.82. The Balaban J connectivity index is 2.65. The molecule has 0 amide bonds. The first kappa shape index (κ1) is 10.1. The van der Waals surface area contributed by atoms with Gasteiger partial charge >= 0.3 is 10.3 Å². The highest BCUT2D eigenvalue weighted by atomic mass is 32.2. The van der Waals surface area contributed by atoms with E-state index in [2.05, 4.69) is 14.3 Å². The van der Waals surface area contributed by atoms with Gasteiger partial charge in [-0.25, -0.2) is 5.14 Å². The second-order valence-electron chi connectivity index (χ2n) is 2.63. The molecular formula is C7H10N2O3S. The predicted molar refractivity (Wildman–Crippen MR) is 46.9 cm³/mol. The summed E-state index contributed by atoms with van der Waals surface area (Å²) in [6, 6.07) is 1.78. The molecule has 0 atom stereocenters. The molecule has 0 aliphatic heterocycles. The SMILES string of the molecule is Cc1cncc(COS(N)(=O)=O)c1. The molecule has 1 aromatic rings. The van der Waals surface area contributed by atoms with E-state index in [0.29, 0.717) is 5.56 Å². The van der Waals surface area contributed by atoms with Gasteiger partial charge in [0, 0.05) is 12.4 Å². The van der Waals surface area contributed by atoms with Crippen LogP contribution in [0.5, 0.6) is 0 Å². The van der Waals surface area contributed by atoms with Gasteiger partial charge < -0.3 is 0 Å². The largest absolute Gasteiger partial charge is 0.333 e. The van der Waals surface area contributed by atoms with Crippen LogP contribution in [0.1, 0.15) is 11.1 Å². The summed E-state index contributed by atoms with van der Waals surface area (Å²) >= 11 is 0. The number of rotatable bonds is 3. The molecule has 72 valence electrons. The Hall–Kier alpha value is -0.980. The number of nitrogens with two attached hydrogens (primary N) is 1. The fourth-order valence-corrected chi connectivity index (χ4v) is 1.15. The molecule has 13 heavy (non-hydrogen) atoms. The van der Waals surface area contributed by atoms with Crippen molar-refractivity contribution in [3.63, 3.8) is 0 Å². The molecule has 0 saturated carbocycles. The van der Waals surface area contributed by atoms with Crippen LogP contribution in [0, 0.1) is 6.92 Å². The van der Waals surface area contributed by atoms with Crippen molar-refractivity contribution in [2.45, 2.75) is 13.5 Å². The third kappa shape index (κ3) is 3.97. The van der Waals surface area contributed by atoms with Gasteiger partial charge in [-0.3, -0.25) is 9.17 Å². The Morgan fingerprint density at radius 3 is 2.77 bits per heavy atom. The molecular weight excluding hydrogens is 192 g/mol. The standard InChI is InChI=1S/C7H10N2O3S/c1-6-2-7(4-9-3-6)5-12-13(8,10)11/h2-4H,5H2,1H3,(H2,8,10,11). The van der Waals surface area contributed by atoms with Crippen LogP contribution in [0.3, 0.4) is 0 Å². The highest BCUT2D eigenvalue weighted by Gasteiger charge is 2.02. The van der Waals surface area contributed by atoms with Gasteiger partial charge in [0.25, 0.3) is 0 Å². The van der Waals surface area contributed by atoms with Gasteiger partial charge in [0.1, 0.15) is 0 Å². The fourth-order valence-electron chi connectivity index (χ4n) is 0.847. The lowest BCUT2D eigenvalue weighted by Crippen LogP contribution is -2.15. The van der Waals surface area contributed by atoms with E-state index in [9.17, 15) is 8.42 Å². The molecule has 0 bridgehead atoms. The number of nitrogens with zero attached hydrogens (tertiary/aromatic N) is 1. The van der Waals surface area contributed by atoms with E-state index >= 15 is 0 Å². The Morgan fingerprint density at radius 1 is 1.54 bits per heavy atom. The van der Waals surface area contributed by atoms with Crippen LogP contribution in [-0.2, 0) is 21.1 Å². The number of aryl methyl sites for hydroxylation is 1. The Morgan fingerprint density at radius 2 is 2.23 bits per heavy atom. The quantitative estimate of drug-likeness (QED) is 0.754. The van der Waals surface area contributed by atoms with E-state index in [1.165, 1.54) is 6.20 Å². The topological polar surface area (TPSA) is 82.3 Å². The highest BCUT2D eigenvalue weighted by molar-refractivity contribution is 7.84. The van der Waals surface area contributed by atoms with Crippen molar-refractivity contribution in [1.29, 1.82) is 0 Å². The number of hydrogen-bond donors (Lipinski definition) is 1. The van der Waals surface area contributed by atoms with Gasteiger partial charge in [-0.2, -0.15) is 8.42 Å². The smallest absolute Gasteiger partial charge is 0.264 e. The minimum absolute atomic E-state index is 0.0759. The molecule has 0 saturated heterocycles.